The van der Waals surface area contributed by atoms with E-state index in [0.717, 1.165) is 40.5 Å². The zero-order chi connectivity index (χ0) is 28.0. The zero-order valence-electron chi connectivity index (χ0n) is 23.9. The van der Waals surface area contributed by atoms with E-state index in [2.05, 4.69) is 115 Å². The fourth-order valence-corrected chi connectivity index (χ4v) is 5.34. The van der Waals surface area contributed by atoms with Crippen molar-refractivity contribution in [1.29, 1.82) is 0 Å². The number of anilines is 1. The van der Waals surface area contributed by atoms with Crippen LogP contribution in [0.4, 0.5) is 5.69 Å². The third-order valence-electron chi connectivity index (χ3n) is 7.30. The molecule has 6 rings (SSSR count). The van der Waals surface area contributed by atoms with Crippen molar-refractivity contribution in [1.82, 2.24) is 24.6 Å². The van der Waals surface area contributed by atoms with Gasteiger partial charge >= 0.3 is 0 Å². The van der Waals surface area contributed by atoms with E-state index in [4.69, 9.17) is 4.74 Å². The smallest absolute Gasteiger partial charge is 0.154 e. The Bertz CT molecular complexity index is 1720. The number of ether oxygens (including phenoxy) is 1. The normalized spacial score (nSPS) is 13.4. The van der Waals surface area contributed by atoms with Gasteiger partial charge in [-0.25, -0.2) is 14.6 Å². The van der Waals surface area contributed by atoms with E-state index < -0.39 is 0 Å². The molecule has 1 aliphatic heterocycles. The van der Waals surface area contributed by atoms with E-state index in [0.29, 0.717) is 5.75 Å². The molecule has 4 heterocycles. The molecule has 0 radical (unpaired) electrons. The molecule has 0 fully saturated rings. The van der Waals surface area contributed by atoms with Crippen LogP contribution in [0.3, 0.4) is 0 Å². The first-order valence-electron chi connectivity index (χ1n) is 13.5. The Morgan fingerprint density at radius 3 is 2.38 bits per heavy atom. The number of benzene rings is 2. The predicted molar refractivity (Wildman–Crippen MR) is 161 cm³/mol. The lowest BCUT2D eigenvalue weighted by molar-refractivity contribution is 0.223. The highest BCUT2D eigenvalue weighted by atomic mass is 16.5. The van der Waals surface area contributed by atoms with Crippen molar-refractivity contribution in [2.75, 3.05) is 11.6 Å². The molecular weight excluding hydrogens is 496 g/mol. The summed E-state index contributed by atoms with van der Waals surface area (Å²) < 4.78 is 8.11. The fourth-order valence-electron chi connectivity index (χ4n) is 5.34. The molecule has 3 aromatic heterocycles. The van der Waals surface area contributed by atoms with Gasteiger partial charge in [0.2, 0.25) is 0 Å². The zero-order valence-corrected chi connectivity index (χ0v) is 23.9. The molecule has 0 unspecified atom stereocenters. The van der Waals surface area contributed by atoms with Crippen molar-refractivity contribution in [3.05, 3.63) is 102 Å². The van der Waals surface area contributed by atoms with Crippen LogP contribution in [0.15, 0.2) is 85.6 Å². The minimum Gasteiger partial charge on any atom is -0.456 e. The van der Waals surface area contributed by atoms with Crippen LogP contribution in [0.25, 0.3) is 28.0 Å². The van der Waals surface area contributed by atoms with E-state index in [1.807, 2.05) is 29.1 Å². The quantitative estimate of drug-likeness (QED) is 0.234. The average molecular weight is 531 g/mol. The van der Waals surface area contributed by atoms with E-state index in [1.165, 1.54) is 22.3 Å². The molecule has 202 valence electrons. The van der Waals surface area contributed by atoms with E-state index in [1.54, 1.807) is 12.4 Å². The molecule has 0 aliphatic carbocycles. The van der Waals surface area contributed by atoms with Gasteiger partial charge in [-0.1, -0.05) is 23.8 Å². The molecule has 7 nitrogen and oxygen atoms in total. The summed E-state index contributed by atoms with van der Waals surface area (Å²) in [6, 6.07) is 18.7. The molecule has 5 aromatic rings. The summed E-state index contributed by atoms with van der Waals surface area (Å²) in [6.07, 6.45) is 9.58. The third-order valence-corrected chi connectivity index (χ3v) is 7.30. The highest BCUT2D eigenvalue weighted by molar-refractivity contribution is 5.78. The molecule has 0 amide bonds. The summed E-state index contributed by atoms with van der Waals surface area (Å²) >= 11 is 0. The van der Waals surface area contributed by atoms with Crippen LogP contribution in [-0.2, 0) is 0 Å². The molecule has 2 aromatic carbocycles. The largest absolute Gasteiger partial charge is 0.456 e. The van der Waals surface area contributed by atoms with Crippen LogP contribution in [0.5, 0.6) is 11.5 Å². The molecule has 0 N–H and O–H groups in total. The number of aromatic nitrogens is 4. The molecule has 1 aliphatic rings. The first kappa shape index (κ1) is 25.6. The Balaban J connectivity index is 1.29. The third kappa shape index (κ3) is 4.91. The molecule has 0 saturated carbocycles. The predicted octanol–water partition coefficient (Wildman–Crippen LogP) is 7.55. The maximum Gasteiger partial charge on any atom is 0.154 e. The number of hydrogen-bond acceptors (Lipinski definition) is 6. The lowest BCUT2D eigenvalue weighted by atomic mass is 9.94. The Morgan fingerprint density at radius 2 is 1.62 bits per heavy atom. The second-order valence-electron chi connectivity index (χ2n) is 11.5. The van der Waals surface area contributed by atoms with Gasteiger partial charge in [0.1, 0.15) is 17.0 Å². The van der Waals surface area contributed by atoms with E-state index >= 15 is 0 Å². The average Bonchev–Trinajstić information content (AvgIpc) is 3.56. The van der Waals surface area contributed by atoms with Gasteiger partial charge in [0.25, 0.3) is 0 Å². The SMILES string of the molecule is Cc1cc(C)c(-c2ccnc(-n3ncc4ncc(Oc5cccc(N6C=CN(C(C)(C)C)C6)c5)cc43)c2)c(C)c1. The molecule has 0 saturated heterocycles. The van der Waals surface area contributed by atoms with Crippen molar-refractivity contribution in [3.63, 3.8) is 0 Å². The summed E-state index contributed by atoms with van der Waals surface area (Å²) in [5.41, 5.74) is 8.84. The number of aryl methyl sites for hydroxylation is 3. The van der Waals surface area contributed by atoms with Crippen LogP contribution in [0.2, 0.25) is 0 Å². The highest BCUT2D eigenvalue weighted by Crippen LogP contribution is 2.32. The van der Waals surface area contributed by atoms with Gasteiger partial charge in [0.15, 0.2) is 5.82 Å². The molecule has 0 spiro atoms. The van der Waals surface area contributed by atoms with Crippen LogP contribution in [0, 0.1) is 20.8 Å². The minimum atomic E-state index is 0.0650. The lowest BCUT2D eigenvalue weighted by Crippen LogP contribution is -2.39. The number of nitrogens with zero attached hydrogens (tertiary/aromatic N) is 6. The van der Waals surface area contributed by atoms with Crippen molar-refractivity contribution in [2.45, 2.75) is 47.1 Å². The number of rotatable bonds is 5. The molecular formula is C33H34N6O. The van der Waals surface area contributed by atoms with Crippen molar-refractivity contribution in [2.24, 2.45) is 0 Å². The van der Waals surface area contributed by atoms with Crippen LogP contribution >= 0.6 is 0 Å². The fraction of sp³-hybridized carbons (Fsp3) is 0.242. The summed E-state index contributed by atoms with van der Waals surface area (Å²) in [4.78, 5) is 13.8. The standard InChI is InChI=1S/C33H34N6O/c1-22-14-23(2)32(24(3)15-22)25-10-11-34-31(16-25)39-30-18-28(19-35-29(30)20-36-39)40-27-9-7-8-26(17-27)37-12-13-38(21-37)33(4,5)6/h7-20H,21H2,1-6H3. The van der Waals surface area contributed by atoms with Crippen molar-refractivity contribution < 1.29 is 4.74 Å². The monoisotopic (exact) mass is 530 g/mol. The Morgan fingerprint density at radius 1 is 0.825 bits per heavy atom. The number of fused-ring (bicyclic) bond motifs is 1. The number of hydrogen-bond donors (Lipinski definition) is 0. The minimum absolute atomic E-state index is 0.0650. The Kier molecular flexibility index (Phi) is 6.29. The summed E-state index contributed by atoms with van der Waals surface area (Å²) in [5.74, 6) is 2.12. The topological polar surface area (TPSA) is 59.3 Å². The first-order chi connectivity index (χ1) is 19.2. The van der Waals surface area contributed by atoms with Crippen LogP contribution in [0.1, 0.15) is 37.5 Å². The Labute approximate surface area is 235 Å². The molecule has 0 atom stereocenters. The van der Waals surface area contributed by atoms with Crippen LogP contribution < -0.4 is 9.64 Å². The lowest BCUT2D eigenvalue weighted by Gasteiger charge is -2.33. The van der Waals surface area contributed by atoms with E-state index in [9.17, 15) is 0 Å². The summed E-state index contributed by atoms with van der Waals surface area (Å²) in [5, 5.41) is 4.62. The van der Waals surface area contributed by atoms with Crippen molar-refractivity contribution in [3.8, 4) is 28.4 Å². The summed E-state index contributed by atoms with van der Waals surface area (Å²) in [7, 11) is 0. The summed E-state index contributed by atoms with van der Waals surface area (Å²) in [6.45, 7) is 13.9. The Hall–Kier alpha value is -4.65. The van der Waals surface area contributed by atoms with Gasteiger partial charge in [-0.15, -0.1) is 0 Å². The molecule has 0 bridgehead atoms. The van der Waals surface area contributed by atoms with E-state index in [-0.39, 0.29) is 5.54 Å². The maximum atomic E-state index is 6.29. The first-order valence-corrected chi connectivity index (χ1v) is 13.5. The van der Waals surface area contributed by atoms with Crippen LogP contribution in [-0.4, -0.2) is 36.9 Å². The number of pyridine rings is 2. The van der Waals surface area contributed by atoms with Gasteiger partial charge in [-0.2, -0.15) is 5.10 Å². The second kappa shape index (κ2) is 9.83. The van der Waals surface area contributed by atoms with Gasteiger partial charge in [0, 0.05) is 42.0 Å². The highest BCUT2D eigenvalue weighted by Gasteiger charge is 2.24. The van der Waals surface area contributed by atoms with Gasteiger partial charge in [-0.3, -0.25) is 0 Å². The molecule has 7 heteroatoms. The second-order valence-corrected chi connectivity index (χ2v) is 11.5. The maximum absolute atomic E-state index is 6.29. The van der Waals surface area contributed by atoms with Crippen molar-refractivity contribution >= 4 is 16.7 Å². The van der Waals surface area contributed by atoms with Gasteiger partial charge in [0.05, 0.1) is 24.6 Å². The molecule has 40 heavy (non-hydrogen) atoms. The van der Waals surface area contributed by atoms with Gasteiger partial charge in [-0.05, 0) is 88.1 Å². The van der Waals surface area contributed by atoms with Gasteiger partial charge < -0.3 is 14.5 Å².